The van der Waals surface area contributed by atoms with Crippen LogP contribution >= 0.6 is 39.0 Å². The highest BCUT2D eigenvalue weighted by Gasteiger charge is 2.11. The summed E-state index contributed by atoms with van der Waals surface area (Å²) in [6.45, 7) is 0.579. The molecule has 1 N–H and O–H groups in total. The van der Waals surface area contributed by atoms with Gasteiger partial charge in [0.2, 0.25) is 5.13 Å². The molecule has 3 aromatic heterocycles. The third kappa shape index (κ3) is 3.42. The van der Waals surface area contributed by atoms with Crippen LogP contribution in [0, 0.1) is 0 Å². The van der Waals surface area contributed by atoms with Crippen LogP contribution in [0.5, 0.6) is 0 Å². The monoisotopic (exact) mass is 419 g/mol. The van der Waals surface area contributed by atoms with Crippen LogP contribution in [-0.4, -0.2) is 20.2 Å². The molecule has 3 heterocycles. The van der Waals surface area contributed by atoms with Crippen LogP contribution in [-0.2, 0) is 6.54 Å². The molecule has 0 bridgehead atoms. The van der Waals surface area contributed by atoms with Gasteiger partial charge in [-0.25, -0.2) is 9.97 Å². The van der Waals surface area contributed by atoms with E-state index < -0.39 is 0 Å². The van der Waals surface area contributed by atoms with Gasteiger partial charge in [-0.15, -0.1) is 10.2 Å². The van der Waals surface area contributed by atoms with Crippen molar-refractivity contribution in [3.8, 4) is 0 Å². The third-order valence-electron chi connectivity index (χ3n) is 3.15. The lowest BCUT2D eigenvalue weighted by atomic mass is 10.2. The maximum absolute atomic E-state index is 5.28. The van der Waals surface area contributed by atoms with E-state index in [-0.39, 0.29) is 0 Å². The maximum Gasteiger partial charge on any atom is 0.206 e. The number of anilines is 1. The molecule has 0 saturated heterocycles. The fourth-order valence-corrected chi connectivity index (χ4v) is 4.16. The van der Waals surface area contributed by atoms with E-state index in [1.807, 2.05) is 30.3 Å². The zero-order valence-corrected chi connectivity index (χ0v) is 15.4. The topological polar surface area (TPSA) is 76.7 Å². The van der Waals surface area contributed by atoms with Gasteiger partial charge in [-0.1, -0.05) is 27.3 Å². The Morgan fingerprint density at radius 1 is 1.21 bits per heavy atom. The normalized spacial score (nSPS) is 11.0. The summed E-state index contributed by atoms with van der Waals surface area (Å²) in [5, 5.41) is 14.1. The first-order valence-electron chi connectivity index (χ1n) is 6.96. The van der Waals surface area contributed by atoms with Crippen molar-refractivity contribution < 1.29 is 4.42 Å². The van der Waals surface area contributed by atoms with Crippen molar-refractivity contribution in [3.63, 3.8) is 0 Å². The van der Waals surface area contributed by atoms with Crippen molar-refractivity contribution in [3.05, 3.63) is 53.2 Å². The van der Waals surface area contributed by atoms with E-state index in [4.69, 9.17) is 4.42 Å². The van der Waals surface area contributed by atoms with E-state index in [1.165, 1.54) is 23.1 Å². The Morgan fingerprint density at radius 3 is 3.04 bits per heavy atom. The average molecular weight is 420 g/mol. The smallest absolute Gasteiger partial charge is 0.206 e. The van der Waals surface area contributed by atoms with Crippen LogP contribution in [0.3, 0.4) is 0 Å². The largest absolute Gasteiger partial charge is 0.467 e. The Morgan fingerprint density at radius 2 is 2.17 bits per heavy atom. The molecule has 120 valence electrons. The first-order chi connectivity index (χ1) is 11.8. The Kier molecular flexibility index (Phi) is 4.46. The summed E-state index contributed by atoms with van der Waals surface area (Å²) < 4.78 is 7.09. The molecule has 0 atom stereocenters. The second-order valence-electron chi connectivity index (χ2n) is 4.75. The molecule has 6 nitrogen and oxygen atoms in total. The van der Waals surface area contributed by atoms with E-state index in [0.29, 0.717) is 6.54 Å². The molecule has 0 spiro atoms. The van der Waals surface area contributed by atoms with Crippen molar-refractivity contribution >= 4 is 55.1 Å². The van der Waals surface area contributed by atoms with E-state index in [0.717, 1.165) is 35.6 Å². The molecule has 0 unspecified atom stereocenters. The molecule has 0 aliphatic rings. The molecular formula is C15H10BrN5OS2. The molecule has 0 amide bonds. The van der Waals surface area contributed by atoms with Crippen molar-refractivity contribution in [1.82, 2.24) is 20.2 Å². The van der Waals surface area contributed by atoms with Gasteiger partial charge in [-0.3, -0.25) is 0 Å². The molecular weight excluding hydrogens is 410 g/mol. The highest BCUT2D eigenvalue weighted by molar-refractivity contribution is 9.10. The number of rotatable bonds is 5. The third-order valence-corrected chi connectivity index (χ3v) is 5.59. The minimum Gasteiger partial charge on any atom is -0.467 e. The molecule has 4 rings (SSSR count). The van der Waals surface area contributed by atoms with Crippen molar-refractivity contribution in [2.24, 2.45) is 0 Å². The van der Waals surface area contributed by atoms with Crippen LogP contribution in [0.25, 0.3) is 10.9 Å². The van der Waals surface area contributed by atoms with Crippen molar-refractivity contribution in [1.29, 1.82) is 0 Å². The van der Waals surface area contributed by atoms with Crippen LogP contribution in [0.4, 0.5) is 5.13 Å². The molecule has 0 aliphatic carbocycles. The van der Waals surface area contributed by atoms with Gasteiger partial charge < -0.3 is 9.73 Å². The van der Waals surface area contributed by atoms with Gasteiger partial charge in [0.15, 0.2) is 4.34 Å². The van der Waals surface area contributed by atoms with Gasteiger partial charge in [0.25, 0.3) is 0 Å². The quantitative estimate of drug-likeness (QED) is 0.473. The van der Waals surface area contributed by atoms with Gasteiger partial charge in [-0.05, 0) is 42.1 Å². The molecule has 0 saturated carbocycles. The van der Waals surface area contributed by atoms with Crippen LogP contribution < -0.4 is 5.32 Å². The number of hydrogen-bond acceptors (Lipinski definition) is 8. The minimum atomic E-state index is 0.579. The van der Waals surface area contributed by atoms with E-state index in [9.17, 15) is 0 Å². The summed E-state index contributed by atoms with van der Waals surface area (Å²) in [6.07, 6.45) is 3.21. The van der Waals surface area contributed by atoms with E-state index >= 15 is 0 Å². The first kappa shape index (κ1) is 15.6. The summed E-state index contributed by atoms with van der Waals surface area (Å²) in [6, 6.07) is 9.70. The second kappa shape index (κ2) is 6.88. The highest BCUT2D eigenvalue weighted by atomic mass is 79.9. The number of halogens is 1. The molecule has 0 fully saturated rings. The Balaban J connectivity index is 1.52. The number of nitrogens with one attached hydrogen (secondary N) is 1. The number of aromatic nitrogens is 4. The first-order valence-corrected chi connectivity index (χ1v) is 9.38. The number of fused-ring (bicyclic) bond motifs is 1. The van der Waals surface area contributed by atoms with Crippen LogP contribution in [0.2, 0.25) is 0 Å². The summed E-state index contributed by atoms with van der Waals surface area (Å²) in [5.41, 5.74) is 0.899. The molecule has 24 heavy (non-hydrogen) atoms. The van der Waals surface area contributed by atoms with Crippen LogP contribution in [0.1, 0.15) is 5.76 Å². The maximum atomic E-state index is 5.28. The number of hydrogen-bond donors (Lipinski definition) is 1. The number of furan rings is 1. The van der Waals surface area contributed by atoms with E-state index in [1.54, 1.807) is 12.6 Å². The fraction of sp³-hybridized carbons (Fsp3) is 0.0667. The van der Waals surface area contributed by atoms with E-state index in [2.05, 4.69) is 41.4 Å². The predicted molar refractivity (Wildman–Crippen MR) is 97.3 cm³/mol. The Hall–Kier alpha value is -1.97. The molecule has 9 heteroatoms. The molecule has 0 radical (unpaired) electrons. The SMILES string of the molecule is Brc1ccc2ncnc(Sc3nnc(NCc4ccco4)s3)c2c1. The Bertz CT molecular complexity index is 973. The molecule has 4 aromatic rings. The standard InChI is InChI=1S/C15H10BrN5OS2/c16-9-3-4-12-11(6-9)13(19-8-18-12)23-15-21-20-14(24-15)17-7-10-2-1-5-22-10/h1-6,8H,7H2,(H,17,20). The van der Waals surface area contributed by atoms with Gasteiger partial charge in [-0.2, -0.15) is 0 Å². The minimum absolute atomic E-state index is 0.579. The lowest BCUT2D eigenvalue weighted by molar-refractivity contribution is 0.518. The zero-order valence-electron chi connectivity index (χ0n) is 12.1. The van der Waals surface area contributed by atoms with Gasteiger partial charge in [0.1, 0.15) is 17.1 Å². The summed E-state index contributed by atoms with van der Waals surface area (Å²) in [7, 11) is 0. The number of benzene rings is 1. The highest BCUT2D eigenvalue weighted by Crippen LogP contribution is 2.35. The lowest BCUT2D eigenvalue weighted by Gasteiger charge is -2.02. The van der Waals surface area contributed by atoms with Gasteiger partial charge in [0, 0.05) is 9.86 Å². The lowest BCUT2D eigenvalue weighted by Crippen LogP contribution is -1.96. The molecule has 0 aliphatic heterocycles. The van der Waals surface area contributed by atoms with Crippen molar-refractivity contribution in [2.45, 2.75) is 15.9 Å². The number of nitrogens with zero attached hydrogens (tertiary/aromatic N) is 4. The Labute approximate surface area is 153 Å². The average Bonchev–Trinajstić information content (AvgIpc) is 3.25. The van der Waals surface area contributed by atoms with Crippen LogP contribution in [0.15, 0.2) is 61.2 Å². The summed E-state index contributed by atoms with van der Waals surface area (Å²) in [5.74, 6) is 0.853. The van der Waals surface area contributed by atoms with Gasteiger partial charge in [0.05, 0.1) is 18.3 Å². The molecule has 1 aromatic carbocycles. The zero-order chi connectivity index (χ0) is 16.4. The predicted octanol–water partition coefficient (Wildman–Crippen LogP) is 4.60. The fourth-order valence-electron chi connectivity index (χ4n) is 2.07. The summed E-state index contributed by atoms with van der Waals surface area (Å²) >= 11 is 6.44. The van der Waals surface area contributed by atoms with Crippen molar-refractivity contribution in [2.75, 3.05) is 5.32 Å². The second-order valence-corrected chi connectivity index (χ2v) is 7.88. The summed E-state index contributed by atoms with van der Waals surface area (Å²) in [4.78, 5) is 8.66. The van der Waals surface area contributed by atoms with Gasteiger partial charge >= 0.3 is 0 Å².